The van der Waals surface area contributed by atoms with E-state index in [-0.39, 0.29) is 18.5 Å². The van der Waals surface area contributed by atoms with Gasteiger partial charge < -0.3 is 9.47 Å². The summed E-state index contributed by atoms with van der Waals surface area (Å²) in [4.78, 5) is 27.9. The summed E-state index contributed by atoms with van der Waals surface area (Å²) in [6.07, 6.45) is 15.5. The van der Waals surface area contributed by atoms with E-state index < -0.39 is 6.10 Å². The number of rotatable bonds is 14. The first kappa shape index (κ1) is 35.9. The van der Waals surface area contributed by atoms with E-state index in [4.69, 9.17) is 9.47 Å². The molecule has 0 heterocycles. The van der Waals surface area contributed by atoms with E-state index in [9.17, 15) is 9.59 Å². The maximum Gasteiger partial charge on any atom is 0.339 e. The highest BCUT2D eigenvalue weighted by Crippen LogP contribution is 2.39. The molecule has 0 spiro atoms. The lowest BCUT2D eigenvalue weighted by Crippen LogP contribution is -2.21. The fraction of sp³-hybridized carbons (Fsp3) is 0.545. The third-order valence-corrected chi connectivity index (χ3v) is 11.0. The normalized spacial score (nSPS) is 17.8. The number of esters is 2. The molecule has 2 saturated carbocycles. The lowest BCUT2D eigenvalue weighted by Gasteiger charge is -2.27. The molecule has 0 amide bonds. The van der Waals surface area contributed by atoms with Crippen LogP contribution in [0.2, 0.25) is 0 Å². The van der Waals surface area contributed by atoms with Crippen LogP contribution in [0.5, 0.6) is 0 Å². The van der Waals surface area contributed by atoms with E-state index in [0.717, 1.165) is 68.1 Å². The molecule has 0 saturated heterocycles. The summed E-state index contributed by atoms with van der Waals surface area (Å²) in [6, 6.07) is 22.5. The van der Waals surface area contributed by atoms with Crippen LogP contribution in [0.25, 0.3) is 0 Å². The van der Waals surface area contributed by atoms with Gasteiger partial charge in [0, 0.05) is 0 Å². The highest BCUT2D eigenvalue weighted by molar-refractivity contribution is 5.92. The van der Waals surface area contributed by atoms with Gasteiger partial charge in [0.2, 0.25) is 0 Å². The molecule has 0 aromatic heterocycles. The van der Waals surface area contributed by atoms with Gasteiger partial charge in [0.25, 0.3) is 0 Å². The number of carbonyl (C=O) groups excluding carboxylic acids is 2. The van der Waals surface area contributed by atoms with E-state index in [1.54, 1.807) is 0 Å². The van der Waals surface area contributed by atoms with Crippen molar-refractivity contribution in [1.29, 1.82) is 0 Å². The molecular weight excluding hydrogens is 592 g/mol. The van der Waals surface area contributed by atoms with E-state index in [0.29, 0.717) is 34.8 Å². The second-order valence-electron chi connectivity index (χ2n) is 14.6. The van der Waals surface area contributed by atoms with Gasteiger partial charge in [-0.25, -0.2) is 9.59 Å². The minimum Gasteiger partial charge on any atom is -0.458 e. The standard InChI is InChI=1S/C44H58O4/c1-5-16-31(3)36-24-26-38(40(28-36)33-18-10-7-11-19-33)43(45)47-30-42(35-22-14-9-15-23-35)48-44(46)39-27-25-37(32(4)17-6-2)29-41(39)34-20-12-8-13-21-34/h9,14-15,22-29,31-34,42H,5-8,10-13,16-21,30H2,1-4H3. The zero-order valence-electron chi connectivity index (χ0n) is 30.0. The first-order valence-electron chi connectivity index (χ1n) is 19.1. The molecule has 3 atom stereocenters. The third-order valence-electron chi connectivity index (χ3n) is 11.0. The van der Waals surface area contributed by atoms with E-state index in [2.05, 4.69) is 52.0 Å². The highest BCUT2D eigenvalue weighted by Gasteiger charge is 2.28. The molecule has 0 radical (unpaired) electrons. The molecule has 0 N–H and O–H groups in total. The molecule has 3 aromatic carbocycles. The molecule has 2 fully saturated rings. The third kappa shape index (κ3) is 9.18. The van der Waals surface area contributed by atoms with Crippen molar-refractivity contribution in [3.05, 3.63) is 106 Å². The Bertz CT molecular complexity index is 1460. The van der Waals surface area contributed by atoms with Crippen LogP contribution in [0.3, 0.4) is 0 Å². The van der Waals surface area contributed by atoms with Crippen molar-refractivity contribution in [2.24, 2.45) is 0 Å². The van der Waals surface area contributed by atoms with Crippen LogP contribution in [-0.2, 0) is 9.47 Å². The number of ether oxygens (including phenoxy) is 2. The predicted molar refractivity (Wildman–Crippen MR) is 196 cm³/mol. The summed E-state index contributed by atoms with van der Waals surface area (Å²) in [5, 5.41) is 0. The van der Waals surface area contributed by atoms with Gasteiger partial charge >= 0.3 is 11.9 Å². The first-order valence-corrected chi connectivity index (χ1v) is 19.1. The van der Waals surface area contributed by atoms with E-state index in [1.807, 2.05) is 42.5 Å². The molecule has 2 aliphatic carbocycles. The fourth-order valence-corrected chi connectivity index (χ4v) is 8.14. The molecule has 4 heteroatoms. The van der Waals surface area contributed by atoms with Gasteiger partial charge in [-0.05, 0) is 102 Å². The molecule has 3 unspecified atom stereocenters. The van der Waals surface area contributed by atoms with Gasteiger partial charge in [0.05, 0.1) is 11.1 Å². The summed E-state index contributed by atoms with van der Waals surface area (Å²) >= 11 is 0. The average Bonchev–Trinajstić information content (AvgIpc) is 3.14. The van der Waals surface area contributed by atoms with Crippen molar-refractivity contribution in [3.8, 4) is 0 Å². The Morgan fingerprint density at radius 3 is 1.58 bits per heavy atom. The van der Waals surface area contributed by atoms with Gasteiger partial charge in [-0.1, -0.05) is 134 Å². The highest BCUT2D eigenvalue weighted by atomic mass is 16.6. The smallest absolute Gasteiger partial charge is 0.339 e. The van der Waals surface area contributed by atoms with Crippen LogP contribution in [-0.4, -0.2) is 18.5 Å². The Morgan fingerprint density at radius 1 is 0.625 bits per heavy atom. The Morgan fingerprint density at radius 2 is 1.10 bits per heavy atom. The molecule has 258 valence electrons. The summed E-state index contributed by atoms with van der Waals surface area (Å²) in [7, 11) is 0. The molecule has 0 bridgehead atoms. The van der Waals surface area contributed by atoms with Crippen molar-refractivity contribution in [2.75, 3.05) is 6.61 Å². The quantitative estimate of drug-likeness (QED) is 0.163. The van der Waals surface area contributed by atoms with Crippen LogP contribution >= 0.6 is 0 Å². The summed E-state index contributed by atoms with van der Waals surface area (Å²) in [5.74, 6) is 0.961. The topological polar surface area (TPSA) is 52.6 Å². The monoisotopic (exact) mass is 650 g/mol. The van der Waals surface area contributed by atoms with Crippen LogP contribution in [0, 0.1) is 0 Å². The number of hydrogen-bond donors (Lipinski definition) is 0. The van der Waals surface area contributed by atoms with E-state index >= 15 is 0 Å². The fourth-order valence-electron chi connectivity index (χ4n) is 8.14. The SMILES string of the molecule is CCCC(C)c1ccc(C(=O)OCC(OC(=O)c2ccc(C(C)CCC)cc2C2CCCCC2)c2ccccc2)c(C2CCCCC2)c1. The lowest BCUT2D eigenvalue weighted by molar-refractivity contribution is -0.00154. The van der Waals surface area contributed by atoms with Crippen LogP contribution in [0.15, 0.2) is 66.7 Å². The van der Waals surface area contributed by atoms with Crippen molar-refractivity contribution in [2.45, 2.75) is 147 Å². The summed E-state index contributed by atoms with van der Waals surface area (Å²) < 4.78 is 12.4. The molecular formula is C44H58O4. The van der Waals surface area contributed by atoms with Gasteiger partial charge in [0.1, 0.15) is 6.61 Å². The molecule has 48 heavy (non-hydrogen) atoms. The maximum atomic E-state index is 14.1. The van der Waals surface area contributed by atoms with Crippen LogP contribution in [0.1, 0.15) is 196 Å². The van der Waals surface area contributed by atoms with Crippen molar-refractivity contribution in [3.63, 3.8) is 0 Å². The Labute approximate surface area is 290 Å². The van der Waals surface area contributed by atoms with Crippen molar-refractivity contribution < 1.29 is 19.1 Å². The molecule has 3 aromatic rings. The zero-order valence-corrected chi connectivity index (χ0v) is 30.0. The maximum absolute atomic E-state index is 14.1. The van der Waals surface area contributed by atoms with Crippen LogP contribution in [0.4, 0.5) is 0 Å². The minimum atomic E-state index is -0.706. The van der Waals surface area contributed by atoms with E-state index in [1.165, 1.54) is 49.7 Å². The summed E-state index contributed by atoms with van der Waals surface area (Å²) in [6.45, 7) is 8.97. The second-order valence-corrected chi connectivity index (χ2v) is 14.6. The van der Waals surface area contributed by atoms with Crippen molar-refractivity contribution in [1.82, 2.24) is 0 Å². The second kappa shape index (κ2) is 17.8. The number of carbonyl (C=O) groups is 2. The Hall–Kier alpha value is -3.40. The minimum absolute atomic E-state index is 0.0307. The molecule has 5 rings (SSSR count). The average molecular weight is 651 g/mol. The number of benzene rings is 3. The first-order chi connectivity index (χ1) is 23.4. The van der Waals surface area contributed by atoms with Gasteiger partial charge in [-0.15, -0.1) is 0 Å². The summed E-state index contributed by atoms with van der Waals surface area (Å²) in [5.41, 5.74) is 6.98. The van der Waals surface area contributed by atoms with Crippen molar-refractivity contribution >= 4 is 11.9 Å². The Balaban J connectivity index is 1.39. The van der Waals surface area contributed by atoms with Gasteiger partial charge in [0.15, 0.2) is 6.10 Å². The van der Waals surface area contributed by atoms with Gasteiger partial charge in [-0.2, -0.15) is 0 Å². The number of hydrogen-bond acceptors (Lipinski definition) is 4. The molecule has 4 nitrogen and oxygen atoms in total. The molecule has 2 aliphatic rings. The van der Waals surface area contributed by atoms with Gasteiger partial charge in [-0.3, -0.25) is 0 Å². The Kier molecular flexibility index (Phi) is 13.3. The van der Waals surface area contributed by atoms with Crippen LogP contribution < -0.4 is 0 Å². The predicted octanol–water partition coefficient (Wildman–Crippen LogP) is 12.3. The zero-order chi connectivity index (χ0) is 33.9. The lowest BCUT2D eigenvalue weighted by atomic mass is 9.80. The largest absolute Gasteiger partial charge is 0.458 e. The molecule has 0 aliphatic heterocycles.